The third-order valence-electron chi connectivity index (χ3n) is 3.24. The van der Waals surface area contributed by atoms with Gasteiger partial charge >= 0.3 is 5.97 Å². The topological polar surface area (TPSA) is 49.3 Å². The van der Waals surface area contributed by atoms with Gasteiger partial charge in [0, 0.05) is 0 Å². The van der Waals surface area contributed by atoms with Gasteiger partial charge in [-0.1, -0.05) is 30.3 Å². The van der Waals surface area contributed by atoms with Crippen molar-refractivity contribution in [2.45, 2.75) is 25.3 Å². The number of carbonyl (C=O) groups is 1. The first kappa shape index (κ1) is 11.9. The van der Waals surface area contributed by atoms with Crippen molar-refractivity contribution in [1.29, 1.82) is 0 Å². The molecular formula is C14H17NO2. The van der Waals surface area contributed by atoms with Crippen LogP contribution in [0.25, 0.3) is 5.57 Å². The molecule has 1 aromatic carbocycles. The number of carboxylic acids is 1. The molecule has 0 fully saturated rings. The van der Waals surface area contributed by atoms with E-state index in [1.807, 2.05) is 12.1 Å². The molecule has 0 heterocycles. The van der Waals surface area contributed by atoms with Gasteiger partial charge < -0.3 is 10.4 Å². The molecule has 3 nitrogen and oxygen atoms in total. The van der Waals surface area contributed by atoms with Gasteiger partial charge in [0.2, 0.25) is 0 Å². The predicted octanol–water partition coefficient (Wildman–Crippen LogP) is 2.08. The van der Waals surface area contributed by atoms with Crippen LogP contribution in [0.4, 0.5) is 0 Å². The summed E-state index contributed by atoms with van der Waals surface area (Å²) in [6.45, 7) is 0. The van der Waals surface area contributed by atoms with E-state index >= 15 is 0 Å². The molecule has 1 aliphatic rings. The number of allylic oxidation sites excluding steroid dienone is 1. The van der Waals surface area contributed by atoms with E-state index in [9.17, 15) is 4.79 Å². The van der Waals surface area contributed by atoms with E-state index in [2.05, 4.69) is 23.5 Å². The van der Waals surface area contributed by atoms with Gasteiger partial charge in [0.1, 0.15) is 6.04 Å². The molecule has 90 valence electrons. The van der Waals surface area contributed by atoms with Crippen molar-refractivity contribution >= 4 is 11.5 Å². The first-order valence-corrected chi connectivity index (χ1v) is 5.89. The van der Waals surface area contributed by atoms with Crippen LogP contribution in [0.2, 0.25) is 0 Å². The SMILES string of the molecule is CNC(CC1=CCCc2ccccc21)C(=O)O. The zero-order valence-corrected chi connectivity index (χ0v) is 9.94. The Kier molecular flexibility index (Phi) is 3.59. The summed E-state index contributed by atoms with van der Waals surface area (Å²) in [6.07, 6.45) is 4.76. The smallest absolute Gasteiger partial charge is 0.321 e. The van der Waals surface area contributed by atoms with E-state index in [0.29, 0.717) is 6.42 Å². The maximum atomic E-state index is 11.0. The predicted molar refractivity (Wildman–Crippen MR) is 67.8 cm³/mol. The van der Waals surface area contributed by atoms with Crippen LogP contribution >= 0.6 is 0 Å². The summed E-state index contributed by atoms with van der Waals surface area (Å²) in [6, 6.07) is 7.74. The molecule has 0 spiro atoms. The van der Waals surface area contributed by atoms with Gasteiger partial charge in [0.05, 0.1) is 0 Å². The van der Waals surface area contributed by atoms with E-state index in [1.54, 1.807) is 7.05 Å². The van der Waals surface area contributed by atoms with E-state index in [1.165, 1.54) is 11.1 Å². The Morgan fingerprint density at radius 2 is 2.24 bits per heavy atom. The van der Waals surface area contributed by atoms with Gasteiger partial charge in [-0.05, 0) is 43.0 Å². The Hall–Kier alpha value is -1.61. The van der Waals surface area contributed by atoms with Gasteiger partial charge in [0.25, 0.3) is 0 Å². The maximum Gasteiger partial charge on any atom is 0.321 e. The molecule has 0 saturated carbocycles. The summed E-state index contributed by atoms with van der Waals surface area (Å²) in [5, 5.41) is 11.9. The molecule has 1 aliphatic carbocycles. The number of aliphatic carboxylic acids is 1. The van der Waals surface area contributed by atoms with Crippen LogP contribution in [0.5, 0.6) is 0 Å². The first-order chi connectivity index (χ1) is 8.22. The molecule has 0 saturated heterocycles. The minimum absolute atomic E-state index is 0.507. The van der Waals surface area contributed by atoms with Crippen LogP contribution < -0.4 is 5.32 Å². The molecule has 2 rings (SSSR count). The van der Waals surface area contributed by atoms with Crippen molar-refractivity contribution in [2.24, 2.45) is 0 Å². The molecule has 0 radical (unpaired) electrons. The highest BCUT2D eigenvalue weighted by molar-refractivity contribution is 5.79. The number of rotatable bonds is 4. The second-order valence-electron chi connectivity index (χ2n) is 4.31. The minimum Gasteiger partial charge on any atom is -0.480 e. The van der Waals surface area contributed by atoms with Gasteiger partial charge in [-0.25, -0.2) is 0 Å². The van der Waals surface area contributed by atoms with Crippen molar-refractivity contribution < 1.29 is 9.90 Å². The highest BCUT2D eigenvalue weighted by Crippen LogP contribution is 2.29. The number of fused-ring (bicyclic) bond motifs is 1. The molecule has 1 unspecified atom stereocenters. The van der Waals surface area contributed by atoms with Gasteiger partial charge in [-0.2, -0.15) is 0 Å². The number of carboxylic acid groups (broad SMARTS) is 1. The summed E-state index contributed by atoms with van der Waals surface area (Å²) in [5.41, 5.74) is 3.68. The van der Waals surface area contributed by atoms with Gasteiger partial charge in [-0.3, -0.25) is 4.79 Å². The fourth-order valence-corrected chi connectivity index (χ4v) is 2.29. The van der Waals surface area contributed by atoms with Crippen LogP contribution in [-0.2, 0) is 11.2 Å². The van der Waals surface area contributed by atoms with E-state index in [4.69, 9.17) is 5.11 Å². The third kappa shape index (κ3) is 2.56. The maximum absolute atomic E-state index is 11.0. The largest absolute Gasteiger partial charge is 0.480 e. The lowest BCUT2D eigenvalue weighted by Gasteiger charge is -2.20. The van der Waals surface area contributed by atoms with Crippen molar-refractivity contribution in [2.75, 3.05) is 7.05 Å². The number of hydrogen-bond acceptors (Lipinski definition) is 2. The van der Waals surface area contributed by atoms with Crippen LogP contribution in [0, 0.1) is 0 Å². The molecule has 0 aromatic heterocycles. The molecule has 1 aromatic rings. The summed E-state index contributed by atoms with van der Waals surface area (Å²) in [7, 11) is 1.69. The summed E-state index contributed by atoms with van der Waals surface area (Å²) < 4.78 is 0. The Labute approximate surface area is 101 Å². The Bertz CT molecular complexity index is 451. The number of aryl methyl sites for hydroxylation is 1. The zero-order valence-electron chi connectivity index (χ0n) is 9.94. The van der Waals surface area contributed by atoms with Crippen LogP contribution in [-0.4, -0.2) is 24.2 Å². The number of likely N-dealkylation sites (N-methyl/N-ethyl adjacent to an activating group) is 1. The Balaban J connectivity index is 2.22. The quantitative estimate of drug-likeness (QED) is 0.834. The molecule has 3 heteroatoms. The lowest BCUT2D eigenvalue weighted by atomic mass is 9.87. The Morgan fingerprint density at radius 3 is 2.94 bits per heavy atom. The molecular weight excluding hydrogens is 214 g/mol. The number of nitrogens with one attached hydrogen (secondary N) is 1. The average molecular weight is 231 g/mol. The van der Waals surface area contributed by atoms with E-state index in [0.717, 1.165) is 18.4 Å². The van der Waals surface area contributed by atoms with E-state index in [-0.39, 0.29) is 0 Å². The van der Waals surface area contributed by atoms with Crippen molar-refractivity contribution in [3.8, 4) is 0 Å². The highest BCUT2D eigenvalue weighted by Gasteiger charge is 2.20. The summed E-state index contributed by atoms with van der Waals surface area (Å²) in [5.74, 6) is -0.795. The average Bonchev–Trinajstić information content (AvgIpc) is 2.35. The van der Waals surface area contributed by atoms with Gasteiger partial charge in [-0.15, -0.1) is 0 Å². The van der Waals surface area contributed by atoms with Crippen molar-refractivity contribution in [3.05, 3.63) is 41.5 Å². The lowest BCUT2D eigenvalue weighted by Crippen LogP contribution is -2.34. The van der Waals surface area contributed by atoms with E-state index < -0.39 is 12.0 Å². The van der Waals surface area contributed by atoms with Crippen molar-refractivity contribution in [3.63, 3.8) is 0 Å². The normalized spacial score (nSPS) is 15.9. The Morgan fingerprint density at radius 1 is 1.47 bits per heavy atom. The van der Waals surface area contributed by atoms with Crippen LogP contribution in [0.1, 0.15) is 24.0 Å². The molecule has 0 amide bonds. The summed E-state index contributed by atoms with van der Waals surface area (Å²) >= 11 is 0. The third-order valence-corrected chi connectivity index (χ3v) is 3.24. The number of benzene rings is 1. The minimum atomic E-state index is -0.795. The fraction of sp³-hybridized carbons (Fsp3) is 0.357. The standard InChI is InChI=1S/C14H17NO2/c1-15-13(14(16)17)9-11-7-4-6-10-5-2-3-8-12(10)11/h2-3,5,7-8,13,15H,4,6,9H2,1H3,(H,16,17). The molecule has 0 bridgehead atoms. The van der Waals surface area contributed by atoms with Crippen LogP contribution in [0.15, 0.2) is 30.3 Å². The molecule has 17 heavy (non-hydrogen) atoms. The highest BCUT2D eigenvalue weighted by atomic mass is 16.4. The first-order valence-electron chi connectivity index (χ1n) is 5.89. The summed E-state index contributed by atoms with van der Waals surface area (Å²) in [4.78, 5) is 11.0. The van der Waals surface area contributed by atoms with Crippen LogP contribution in [0.3, 0.4) is 0 Å². The number of hydrogen-bond donors (Lipinski definition) is 2. The molecule has 2 N–H and O–H groups in total. The fourth-order valence-electron chi connectivity index (χ4n) is 2.29. The molecule has 1 atom stereocenters. The molecule has 0 aliphatic heterocycles. The monoisotopic (exact) mass is 231 g/mol. The zero-order chi connectivity index (χ0) is 12.3. The van der Waals surface area contributed by atoms with Gasteiger partial charge in [0.15, 0.2) is 0 Å². The van der Waals surface area contributed by atoms with Crippen molar-refractivity contribution in [1.82, 2.24) is 5.32 Å². The second kappa shape index (κ2) is 5.15. The lowest BCUT2D eigenvalue weighted by molar-refractivity contribution is -0.139. The second-order valence-corrected chi connectivity index (χ2v) is 4.31.